The lowest BCUT2D eigenvalue weighted by atomic mass is 9.70. The smallest absolute Gasteiger partial charge is 0.141 e. The molecule has 1 spiro atoms. The molecule has 244 valence electrons. The summed E-state index contributed by atoms with van der Waals surface area (Å²) in [5, 5.41) is 3.55. The molecule has 7 aromatic carbocycles. The van der Waals surface area contributed by atoms with Gasteiger partial charge < -0.3 is 4.42 Å². The molecule has 0 amide bonds. The Balaban J connectivity index is 1.24. The van der Waals surface area contributed by atoms with E-state index in [1.807, 2.05) is 12.1 Å². The van der Waals surface area contributed by atoms with Crippen molar-refractivity contribution in [1.29, 1.82) is 0 Å². The van der Waals surface area contributed by atoms with Crippen LogP contribution in [0.15, 0.2) is 192 Å². The van der Waals surface area contributed by atoms with Gasteiger partial charge in [0.1, 0.15) is 17.0 Å². The molecule has 1 aromatic heterocycles. The van der Waals surface area contributed by atoms with Gasteiger partial charge in [0.2, 0.25) is 0 Å². The minimum Gasteiger partial charge on any atom is -0.456 e. The van der Waals surface area contributed by atoms with Crippen LogP contribution in [0.1, 0.15) is 45.9 Å². The molecular formula is C50H33NO. The second kappa shape index (κ2) is 11.7. The fraction of sp³-hybridized carbons (Fsp3) is 0.0400. The van der Waals surface area contributed by atoms with Crippen molar-refractivity contribution in [1.82, 2.24) is 0 Å². The summed E-state index contributed by atoms with van der Waals surface area (Å²) >= 11 is 0. The fourth-order valence-electron chi connectivity index (χ4n) is 8.79. The van der Waals surface area contributed by atoms with Crippen LogP contribution < -0.4 is 0 Å². The highest BCUT2D eigenvalue weighted by molar-refractivity contribution is 6.15. The monoisotopic (exact) mass is 663 g/mol. The van der Waals surface area contributed by atoms with E-state index in [4.69, 9.17) is 9.41 Å². The third-order valence-electron chi connectivity index (χ3n) is 10.9. The molecule has 0 aliphatic heterocycles. The average molecular weight is 664 g/mol. The summed E-state index contributed by atoms with van der Waals surface area (Å²) in [7, 11) is 0. The van der Waals surface area contributed by atoms with E-state index in [1.54, 1.807) is 0 Å². The van der Waals surface area contributed by atoms with E-state index in [-0.39, 0.29) is 0 Å². The van der Waals surface area contributed by atoms with Crippen LogP contribution in [0.25, 0.3) is 55.5 Å². The summed E-state index contributed by atoms with van der Waals surface area (Å²) in [5.41, 5.74) is 17.8. The molecule has 0 N–H and O–H groups in total. The number of benzene rings is 7. The van der Waals surface area contributed by atoms with E-state index >= 15 is 0 Å². The maximum Gasteiger partial charge on any atom is 0.141 e. The molecular weight excluding hydrogens is 631 g/mol. The summed E-state index contributed by atoms with van der Waals surface area (Å²) in [5.74, 6) is 0.880. The van der Waals surface area contributed by atoms with Crippen molar-refractivity contribution in [2.75, 3.05) is 0 Å². The Labute approximate surface area is 303 Å². The van der Waals surface area contributed by atoms with Gasteiger partial charge in [-0.1, -0.05) is 164 Å². The number of hydrogen-bond acceptors (Lipinski definition) is 2. The van der Waals surface area contributed by atoms with E-state index in [0.717, 1.165) is 44.7 Å². The first-order chi connectivity index (χ1) is 25.7. The van der Waals surface area contributed by atoms with E-state index in [0.29, 0.717) is 5.70 Å². The van der Waals surface area contributed by atoms with Gasteiger partial charge in [0.05, 0.1) is 11.1 Å². The van der Waals surface area contributed by atoms with Gasteiger partial charge in [0, 0.05) is 27.6 Å². The van der Waals surface area contributed by atoms with Gasteiger partial charge >= 0.3 is 0 Å². The third kappa shape index (κ3) is 4.23. The zero-order valence-electron chi connectivity index (χ0n) is 28.7. The molecule has 2 aliphatic rings. The quantitative estimate of drug-likeness (QED) is 0.133. The van der Waals surface area contributed by atoms with Crippen molar-refractivity contribution in [2.24, 2.45) is 4.99 Å². The van der Waals surface area contributed by atoms with Crippen molar-refractivity contribution >= 4 is 38.7 Å². The first-order valence-corrected chi connectivity index (χ1v) is 17.7. The largest absolute Gasteiger partial charge is 0.456 e. The zero-order chi connectivity index (χ0) is 34.8. The van der Waals surface area contributed by atoms with Crippen LogP contribution >= 0.6 is 0 Å². The molecule has 10 rings (SSSR count). The van der Waals surface area contributed by atoms with Crippen LogP contribution in [0.4, 0.5) is 0 Å². The summed E-state index contributed by atoms with van der Waals surface area (Å²) in [4.78, 5) is 5.43. The highest BCUT2D eigenvalue weighted by atomic mass is 16.3. The molecule has 2 heteroatoms. The first-order valence-electron chi connectivity index (χ1n) is 17.7. The number of hydrogen-bond donors (Lipinski definition) is 0. The zero-order valence-corrected chi connectivity index (χ0v) is 28.7. The van der Waals surface area contributed by atoms with Crippen LogP contribution in [-0.2, 0) is 5.41 Å². The Hall–Kier alpha value is -6.73. The number of rotatable bonds is 5. The Bertz CT molecular complexity index is 2810. The first kappa shape index (κ1) is 30.1. The van der Waals surface area contributed by atoms with Gasteiger partial charge in [-0.05, 0) is 68.8 Å². The molecule has 0 saturated heterocycles. The molecule has 2 aliphatic carbocycles. The third-order valence-corrected chi connectivity index (χ3v) is 10.9. The predicted octanol–water partition coefficient (Wildman–Crippen LogP) is 12.6. The molecule has 0 unspecified atom stereocenters. The Morgan fingerprint density at radius 3 is 1.98 bits per heavy atom. The lowest BCUT2D eigenvalue weighted by Crippen LogP contribution is -2.25. The van der Waals surface area contributed by atoms with Gasteiger partial charge in [0.15, 0.2) is 0 Å². The molecule has 0 bridgehead atoms. The van der Waals surface area contributed by atoms with Gasteiger partial charge in [0.25, 0.3) is 0 Å². The minimum atomic E-state index is -0.552. The lowest BCUT2D eigenvalue weighted by Gasteiger charge is -2.30. The van der Waals surface area contributed by atoms with Crippen molar-refractivity contribution < 1.29 is 4.42 Å². The molecule has 0 saturated carbocycles. The topological polar surface area (TPSA) is 25.5 Å². The van der Waals surface area contributed by atoms with Crippen molar-refractivity contribution in [3.8, 4) is 22.5 Å². The Kier molecular flexibility index (Phi) is 6.76. The minimum absolute atomic E-state index is 0.552. The normalized spacial score (nSPS) is 13.9. The van der Waals surface area contributed by atoms with Crippen LogP contribution in [0.2, 0.25) is 0 Å². The predicted molar refractivity (Wildman–Crippen MR) is 216 cm³/mol. The number of para-hydroxylation sites is 1. The number of fused-ring (bicyclic) bond motifs is 13. The lowest BCUT2D eigenvalue weighted by molar-refractivity contribution is 0.628. The Morgan fingerprint density at radius 2 is 1.21 bits per heavy atom. The van der Waals surface area contributed by atoms with Crippen molar-refractivity contribution in [2.45, 2.75) is 12.3 Å². The number of allylic oxidation sites excluding steroid dienone is 2. The molecule has 0 atom stereocenters. The molecule has 2 nitrogen and oxygen atoms in total. The van der Waals surface area contributed by atoms with Gasteiger partial charge in [-0.3, -0.25) is 0 Å². The average Bonchev–Trinajstić information content (AvgIpc) is 3.83. The number of aliphatic imine (C=N–C) groups is 1. The van der Waals surface area contributed by atoms with E-state index in [2.05, 4.69) is 177 Å². The number of nitrogens with zero attached hydrogens (tertiary/aromatic N) is 1. The summed E-state index contributed by atoms with van der Waals surface area (Å²) < 4.78 is 6.92. The molecule has 8 aromatic rings. The van der Waals surface area contributed by atoms with E-state index in [9.17, 15) is 0 Å². The summed E-state index contributed by atoms with van der Waals surface area (Å²) in [6.45, 7) is 6.39. The highest BCUT2D eigenvalue weighted by Gasteiger charge is 2.54. The second-order valence-corrected chi connectivity index (χ2v) is 13.6. The van der Waals surface area contributed by atoms with Crippen LogP contribution in [-0.4, -0.2) is 5.71 Å². The number of furan rings is 1. The maximum atomic E-state index is 6.92. The second-order valence-electron chi connectivity index (χ2n) is 13.6. The molecule has 0 radical (unpaired) electrons. The van der Waals surface area contributed by atoms with Gasteiger partial charge in [-0.15, -0.1) is 5.73 Å². The highest BCUT2D eigenvalue weighted by Crippen LogP contribution is 2.65. The summed E-state index contributed by atoms with van der Waals surface area (Å²) in [6.07, 6.45) is 2.19. The van der Waals surface area contributed by atoms with Crippen LogP contribution in [0.5, 0.6) is 0 Å². The van der Waals surface area contributed by atoms with Crippen LogP contribution in [0.3, 0.4) is 0 Å². The molecule has 52 heavy (non-hydrogen) atoms. The standard InChI is InChI=1S/C50H33NO/c1-3-44(51-45(34-18-5-4-6-19-34)31-32(2)35-25-15-20-33-17-7-8-21-36(33)35)39-26-16-29-43-47(39)49-48(40-24-11-14-30-46(40)52-49)50(43)41-27-12-9-22-37(41)38-23-10-13-28-42(38)50/h4-31H,1H2,2H3/b32-31+,51-45?. The van der Waals surface area contributed by atoms with Crippen LogP contribution in [0, 0.1) is 0 Å². The van der Waals surface area contributed by atoms with Crippen molar-refractivity contribution in [3.05, 3.63) is 221 Å². The fourth-order valence-corrected chi connectivity index (χ4v) is 8.79. The summed E-state index contributed by atoms with van der Waals surface area (Å²) in [6, 6.07) is 58.1. The molecule has 1 heterocycles. The van der Waals surface area contributed by atoms with E-state index in [1.165, 1.54) is 49.7 Å². The van der Waals surface area contributed by atoms with Gasteiger partial charge in [-0.25, -0.2) is 4.99 Å². The Morgan fingerprint density at radius 1 is 0.615 bits per heavy atom. The van der Waals surface area contributed by atoms with Gasteiger partial charge in [-0.2, -0.15) is 0 Å². The maximum absolute atomic E-state index is 6.92. The van der Waals surface area contributed by atoms with E-state index < -0.39 is 5.41 Å². The SMILES string of the molecule is C=C=C(N=C(/C=C(\C)c1cccc2ccccc12)c1ccccc1)c1cccc2c1-c1oc3ccccc3c1C21c2ccccc2-c2ccccc21. The molecule has 0 fully saturated rings. The van der Waals surface area contributed by atoms with Crippen molar-refractivity contribution in [3.63, 3.8) is 0 Å².